The monoisotopic (exact) mass is 409 g/mol. The highest BCUT2D eigenvalue weighted by Gasteiger charge is 2.32. The molecule has 5 heteroatoms. The van der Waals surface area contributed by atoms with Crippen molar-refractivity contribution in [2.24, 2.45) is 11.8 Å². The zero-order valence-electron chi connectivity index (χ0n) is 17.5. The van der Waals surface area contributed by atoms with Crippen LogP contribution in [-0.2, 0) is 11.2 Å². The zero-order valence-corrected chi connectivity index (χ0v) is 17.5. The van der Waals surface area contributed by atoms with E-state index in [-0.39, 0.29) is 11.8 Å². The van der Waals surface area contributed by atoms with Gasteiger partial charge in [-0.15, -0.1) is 0 Å². The van der Waals surface area contributed by atoms with Crippen molar-refractivity contribution in [2.45, 2.75) is 57.8 Å². The van der Waals surface area contributed by atoms with E-state index in [1.165, 1.54) is 36.8 Å². The molecule has 0 unspecified atom stereocenters. The maximum atomic E-state index is 13.2. The minimum absolute atomic E-state index is 0.0369. The van der Waals surface area contributed by atoms with Crippen molar-refractivity contribution in [3.05, 3.63) is 65.2 Å². The summed E-state index contributed by atoms with van der Waals surface area (Å²) in [7, 11) is 0. The number of carbonyl (C=O) groups is 2. The molecular formula is C25H31NO4. The molecule has 0 bridgehead atoms. The minimum Gasteiger partial charge on any atom is -0.450 e. The average molecular weight is 410 g/mol. The minimum atomic E-state index is -1.83. The van der Waals surface area contributed by atoms with Crippen LogP contribution in [0.2, 0.25) is 0 Å². The highest BCUT2D eigenvalue weighted by Crippen LogP contribution is 2.38. The molecule has 1 amide bonds. The summed E-state index contributed by atoms with van der Waals surface area (Å²) in [4.78, 5) is 21.8. The Hall–Kier alpha value is -2.82. The lowest BCUT2D eigenvalue weighted by atomic mass is 9.83. The second-order valence-corrected chi connectivity index (χ2v) is 8.55. The van der Waals surface area contributed by atoms with Gasteiger partial charge in [-0.05, 0) is 74.1 Å². The summed E-state index contributed by atoms with van der Waals surface area (Å²) in [6.45, 7) is 2.10. The average Bonchev–Trinajstić information content (AvgIpc) is 3.34. The number of carboxylic acid groups (broad SMARTS) is 2. The number of rotatable bonds is 6. The molecule has 0 saturated heterocycles. The molecule has 0 heterocycles. The Morgan fingerprint density at radius 3 is 2.23 bits per heavy atom. The van der Waals surface area contributed by atoms with Gasteiger partial charge in [-0.25, -0.2) is 4.79 Å². The number of anilines is 1. The molecule has 30 heavy (non-hydrogen) atoms. The summed E-state index contributed by atoms with van der Waals surface area (Å²) in [5.74, 6) is 1.45. The molecule has 3 N–H and O–H groups in total. The van der Waals surface area contributed by atoms with Gasteiger partial charge in [-0.3, -0.25) is 4.79 Å². The van der Waals surface area contributed by atoms with Gasteiger partial charge < -0.3 is 15.5 Å². The number of hydrogen-bond acceptors (Lipinski definition) is 2. The molecule has 0 aliphatic heterocycles. The Morgan fingerprint density at radius 2 is 1.63 bits per heavy atom. The Kier molecular flexibility index (Phi) is 7.50. The summed E-state index contributed by atoms with van der Waals surface area (Å²) in [5.41, 5.74) is 4.70. The smallest absolute Gasteiger partial charge is 0.450 e. The lowest BCUT2D eigenvalue weighted by Gasteiger charge is -2.23. The van der Waals surface area contributed by atoms with Gasteiger partial charge in [-0.2, -0.15) is 0 Å². The van der Waals surface area contributed by atoms with Crippen LogP contribution in [0.4, 0.5) is 10.5 Å². The predicted molar refractivity (Wildman–Crippen MR) is 118 cm³/mol. The third-order valence-electron chi connectivity index (χ3n) is 6.01. The zero-order chi connectivity index (χ0) is 21.5. The van der Waals surface area contributed by atoms with Gasteiger partial charge in [0.15, 0.2) is 0 Å². The van der Waals surface area contributed by atoms with E-state index in [9.17, 15) is 4.79 Å². The third-order valence-corrected chi connectivity index (χ3v) is 6.01. The van der Waals surface area contributed by atoms with E-state index in [4.69, 9.17) is 15.0 Å². The van der Waals surface area contributed by atoms with Crippen molar-refractivity contribution in [2.75, 3.05) is 5.32 Å². The van der Waals surface area contributed by atoms with Crippen molar-refractivity contribution < 1.29 is 19.8 Å². The van der Waals surface area contributed by atoms with Crippen molar-refractivity contribution >= 4 is 17.7 Å². The molecule has 0 aromatic heterocycles. The molecule has 160 valence electrons. The normalized spacial score (nSPS) is 17.0. The van der Waals surface area contributed by atoms with Gasteiger partial charge in [0, 0.05) is 5.69 Å². The van der Waals surface area contributed by atoms with Gasteiger partial charge in [-0.1, -0.05) is 54.8 Å². The Labute approximate surface area is 178 Å². The van der Waals surface area contributed by atoms with Crippen LogP contribution in [0.25, 0.3) is 0 Å². The van der Waals surface area contributed by atoms with Crippen LogP contribution >= 0.6 is 0 Å². The standard InChI is InChI=1S/C24H29NO.CH2O3/c1-17-9-13-21(14-10-17)23(20-6-2-3-7-20)24(26)25-22-8-4-5-19(16-22)15-18-11-12-18;2-1(3)4/h4-5,8-10,13-14,16,18,20,23H,2-3,6-7,11-12,15H2,1H3,(H,25,26);(H2,2,3,4)/t23-;/m0./s1. The first-order valence-corrected chi connectivity index (χ1v) is 10.8. The third kappa shape index (κ3) is 6.61. The van der Waals surface area contributed by atoms with Gasteiger partial charge >= 0.3 is 6.16 Å². The number of benzene rings is 2. The molecule has 2 aromatic rings. The number of amides is 1. The first-order valence-electron chi connectivity index (χ1n) is 10.8. The summed E-state index contributed by atoms with van der Waals surface area (Å²) in [5, 5.41) is 17.2. The van der Waals surface area contributed by atoms with E-state index < -0.39 is 6.16 Å². The van der Waals surface area contributed by atoms with Gasteiger partial charge in [0.2, 0.25) is 5.91 Å². The maximum absolute atomic E-state index is 13.2. The van der Waals surface area contributed by atoms with Crippen molar-refractivity contribution in [1.82, 2.24) is 0 Å². The molecule has 5 nitrogen and oxygen atoms in total. The van der Waals surface area contributed by atoms with Crippen LogP contribution in [0.3, 0.4) is 0 Å². The molecule has 2 saturated carbocycles. The molecule has 2 aliphatic carbocycles. The Balaban J connectivity index is 0.000000589. The molecule has 0 spiro atoms. The summed E-state index contributed by atoms with van der Waals surface area (Å²) in [6.07, 6.45) is 6.84. The van der Waals surface area contributed by atoms with E-state index in [0.29, 0.717) is 5.92 Å². The quantitative estimate of drug-likeness (QED) is 0.539. The lowest BCUT2D eigenvalue weighted by molar-refractivity contribution is -0.118. The highest BCUT2D eigenvalue weighted by molar-refractivity contribution is 5.96. The highest BCUT2D eigenvalue weighted by atomic mass is 16.6. The Bertz CT molecular complexity index is 848. The van der Waals surface area contributed by atoms with E-state index in [0.717, 1.165) is 36.4 Å². The second-order valence-electron chi connectivity index (χ2n) is 8.55. The lowest BCUT2D eigenvalue weighted by Crippen LogP contribution is -2.26. The van der Waals surface area contributed by atoms with E-state index in [1.54, 1.807) is 0 Å². The fourth-order valence-corrected chi connectivity index (χ4v) is 4.35. The van der Waals surface area contributed by atoms with E-state index in [2.05, 4.69) is 54.7 Å². The first-order chi connectivity index (χ1) is 14.4. The van der Waals surface area contributed by atoms with Crippen LogP contribution in [0, 0.1) is 18.8 Å². The number of aryl methyl sites for hydroxylation is 1. The Morgan fingerprint density at radius 1 is 1.00 bits per heavy atom. The molecule has 1 atom stereocenters. The van der Waals surface area contributed by atoms with Crippen molar-refractivity contribution in [3.63, 3.8) is 0 Å². The fraction of sp³-hybridized carbons (Fsp3) is 0.440. The molecule has 2 aromatic carbocycles. The van der Waals surface area contributed by atoms with Crippen molar-refractivity contribution in [1.29, 1.82) is 0 Å². The summed E-state index contributed by atoms with van der Waals surface area (Å²) in [6, 6.07) is 17.0. The van der Waals surface area contributed by atoms with Crippen LogP contribution in [0.15, 0.2) is 48.5 Å². The molecule has 2 aliphatic rings. The fourth-order valence-electron chi connectivity index (χ4n) is 4.35. The summed E-state index contributed by atoms with van der Waals surface area (Å²) >= 11 is 0. The number of hydrogen-bond donors (Lipinski definition) is 3. The SMILES string of the molecule is Cc1ccc([C@@H](C(=O)Nc2cccc(CC3CC3)c2)C2CCCC2)cc1.O=C(O)O. The maximum Gasteiger partial charge on any atom is 0.503 e. The van der Waals surface area contributed by atoms with Gasteiger partial charge in [0.1, 0.15) is 0 Å². The van der Waals surface area contributed by atoms with Crippen LogP contribution in [0.1, 0.15) is 61.1 Å². The molecule has 4 rings (SSSR count). The molecular weight excluding hydrogens is 378 g/mol. The topological polar surface area (TPSA) is 86.6 Å². The predicted octanol–water partition coefficient (Wildman–Crippen LogP) is 6.08. The van der Waals surface area contributed by atoms with Crippen LogP contribution < -0.4 is 5.32 Å². The number of carbonyl (C=O) groups excluding carboxylic acids is 1. The molecule has 2 fully saturated rings. The van der Waals surface area contributed by atoms with Crippen LogP contribution in [0.5, 0.6) is 0 Å². The van der Waals surface area contributed by atoms with Crippen molar-refractivity contribution in [3.8, 4) is 0 Å². The van der Waals surface area contributed by atoms with E-state index in [1.807, 2.05) is 6.07 Å². The van der Waals surface area contributed by atoms with E-state index >= 15 is 0 Å². The van der Waals surface area contributed by atoms with Gasteiger partial charge in [0.25, 0.3) is 0 Å². The first kappa shape index (κ1) is 21.9. The largest absolute Gasteiger partial charge is 0.503 e. The van der Waals surface area contributed by atoms with Crippen LogP contribution in [-0.4, -0.2) is 22.3 Å². The second kappa shape index (κ2) is 10.3. The number of nitrogens with one attached hydrogen (secondary N) is 1. The molecule has 0 radical (unpaired) electrons. The summed E-state index contributed by atoms with van der Waals surface area (Å²) < 4.78 is 0. The van der Waals surface area contributed by atoms with Gasteiger partial charge in [0.05, 0.1) is 5.92 Å².